The second-order valence-corrected chi connectivity index (χ2v) is 7.11. The van der Waals surface area contributed by atoms with Crippen LogP contribution < -0.4 is 5.32 Å². The van der Waals surface area contributed by atoms with Crippen molar-refractivity contribution in [3.8, 4) is 16.9 Å². The molecule has 0 spiro atoms. The largest absolute Gasteiger partial charge is 0.508 e. The van der Waals surface area contributed by atoms with E-state index in [1.165, 1.54) is 12.1 Å². The molecule has 5 nitrogen and oxygen atoms in total. The smallest absolute Gasteiger partial charge is 0.407 e. The molecule has 29 heavy (non-hydrogen) atoms. The number of benzene rings is 3. The highest BCUT2D eigenvalue weighted by atomic mass is 16.5. The van der Waals surface area contributed by atoms with Crippen molar-refractivity contribution in [1.82, 2.24) is 5.32 Å². The first-order chi connectivity index (χ1) is 14.0. The van der Waals surface area contributed by atoms with Crippen LogP contribution in [-0.4, -0.2) is 29.6 Å². The molecular weight excluding hydrogens is 366 g/mol. The first-order valence-electron chi connectivity index (χ1n) is 9.49. The molecule has 146 valence electrons. The number of carbonyl (C=O) groups excluding carboxylic acids is 2. The molecule has 1 unspecified atom stereocenters. The van der Waals surface area contributed by atoms with Crippen LogP contribution in [0.1, 0.15) is 34.3 Å². The molecule has 0 aromatic heterocycles. The van der Waals surface area contributed by atoms with Gasteiger partial charge < -0.3 is 15.2 Å². The van der Waals surface area contributed by atoms with E-state index in [9.17, 15) is 14.7 Å². The number of carbonyl (C=O) groups is 2. The quantitative estimate of drug-likeness (QED) is 0.632. The van der Waals surface area contributed by atoms with Crippen LogP contribution in [0.5, 0.6) is 5.75 Å². The molecule has 1 amide bonds. The fourth-order valence-electron chi connectivity index (χ4n) is 3.79. The lowest BCUT2D eigenvalue weighted by atomic mass is 9.98. The molecule has 3 aromatic rings. The van der Waals surface area contributed by atoms with Gasteiger partial charge in [-0.1, -0.05) is 60.7 Å². The minimum absolute atomic E-state index is 0.00388. The molecule has 0 saturated carbocycles. The summed E-state index contributed by atoms with van der Waals surface area (Å²) in [6, 6.07) is 21.5. The Morgan fingerprint density at radius 1 is 0.966 bits per heavy atom. The molecular formula is C24H21NO4. The SMILES string of the molecule is CC(NC(=O)OCC1c2ccccc2-c2ccccc21)C(=O)c1cccc(O)c1. The van der Waals surface area contributed by atoms with E-state index < -0.39 is 12.1 Å². The maximum absolute atomic E-state index is 12.4. The van der Waals surface area contributed by atoms with Gasteiger partial charge in [0, 0.05) is 11.5 Å². The van der Waals surface area contributed by atoms with Crippen LogP contribution in [0.3, 0.4) is 0 Å². The minimum atomic E-state index is -0.771. The fourth-order valence-corrected chi connectivity index (χ4v) is 3.79. The van der Waals surface area contributed by atoms with Gasteiger partial charge in [0.1, 0.15) is 12.4 Å². The zero-order valence-corrected chi connectivity index (χ0v) is 16.0. The number of Topliss-reactive ketones (excluding diaryl/α,β-unsaturated/α-hetero) is 1. The molecule has 5 heteroatoms. The lowest BCUT2D eigenvalue weighted by Crippen LogP contribution is -2.39. The summed E-state index contributed by atoms with van der Waals surface area (Å²) >= 11 is 0. The third-order valence-electron chi connectivity index (χ3n) is 5.20. The van der Waals surface area contributed by atoms with E-state index in [1.807, 2.05) is 24.3 Å². The van der Waals surface area contributed by atoms with Crippen LogP contribution in [0.4, 0.5) is 4.79 Å². The number of aromatic hydroxyl groups is 1. The maximum atomic E-state index is 12.4. The number of nitrogens with one attached hydrogen (secondary N) is 1. The Bertz CT molecular complexity index is 1030. The van der Waals surface area contributed by atoms with Crippen molar-refractivity contribution in [2.75, 3.05) is 6.61 Å². The standard InChI is InChI=1S/C24H21NO4/c1-15(23(27)16-7-6-8-17(26)13-16)25-24(28)29-14-22-20-11-4-2-9-18(20)19-10-3-5-12-21(19)22/h2-13,15,22,26H,14H2,1H3,(H,25,28). The van der Waals surface area contributed by atoms with Gasteiger partial charge in [-0.2, -0.15) is 0 Å². The van der Waals surface area contributed by atoms with Gasteiger partial charge >= 0.3 is 6.09 Å². The highest BCUT2D eigenvalue weighted by Gasteiger charge is 2.29. The fraction of sp³-hybridized carbons (Fsp3) is 0.167. The Hall–Kier alpha value is -3.60. The van der Waals surface area contributed by atoms with Crippen LogP contribution in [0.25, 0.3) is 11.1 Å². The average Bonchev–Trinajstić information content (AvgIpc) is 3.05. The van der Waals surface area contributed by atoms with Gasteiger partial charge in [-0.3, -0.25) is 4.79 Å². The Balaban J connectivity index is 1.42. The van der Waals surface area contributed by atoms with Crippen molar-refractivity contribution < 1.29 is 19.4 Å². The number of amides is 1. The first kappa shape index (κ1) is 18.7. The van der Waals surface area contributed by atoms with E-state index in [1.54, 1.807) is 19.1 Å². The van der Waals surface area contributed by atoms with Gasteiger partial charge in [-0.25, -0.2) is 4.79 Å². The molecule has 1 atom stereocenters. The summed E-state index contributed by atoms with van der Waals surface area (Å²) in [6.45, 7) is 1.78. The Morgan fingerprint density at radius 3 is 2.21 bits per heavy atom. The lowest BCUT2D eigenvalue weighted by Gasteiger charge is -2.17. The summed E-state index contributed by atoms with van der Waals surface area (Å²) in [6.07, 6.45) is -0.645. The number of fused-ring (bicyclic) bond motifs is 3. The normalized spacial score (nSPS) is 13.3. The molecule has 0 heterocycles. The van der Waals surface area contributed by atoms with Gasteiger partial charge in [0.2, 0.25) is 0 Å². The third kappa shape index (κ3) is 3.72. The van der Waals surface area contributed by atoms with Gasteiger partial charge in [0.25, 0.3) is 0 Å². The molecule has 0 fully saturated rings. The molecule has 0 aliphatic heterocycles. The van der Waals surface area contributed by atoms with Gasteiger partial charge in [0.15, 0.2) is 5.78 Å². The van der Waals surface area contributed by atoms with E-state index in [0.717, 1.165) is 22.3 Å². The molecule has 1 aliphatic carbocycles. The Kier molecular flexibility index (Phi) is 5.04. The Morgan fingerprint density at radius 2 is 1.59 bits per heavy atom. The zero-order chi connectivity index (χ0) is 20.4. The molecule has 0 saturated heterocycles. The summed E-state index contributed by atoms with van der Waals surface area (Å²) in [7, 11) is 0. The number of phenols is 1. The highest BCUT2D eigenvalue weighted by molar-refractivity contribution is 6.01. The van der Waals surface area contributed by atoms with E-state index in [0.29, 0.717) is 5.56 Å². The number of phenolic OH excluding ortho intramolecular Hbond substituents is 1. The lowest BCUT2D eigenvalue weighted by molar-refractivity contribution is 0.0929. The summed E-state index contributed by atoms with van der Waals surface area (Å²) in [5, 5.41) is 12.1. The van der Waals surface area contributed by atoms with Crippen LogP contribution in [0.15, 0.2) is 72.8 Å². The van der Waals surface area contributed by atoms with Crippen LogP contribution >= 0.6 is 0 Å². The monoisotopic (exact) mass is 387 g/mol. The second-order valence-electron chi connectivity index (χ2n) is 7.11. The molecule has 2 N–H and O–H groups in total. The minimum Gasteiger partial charge on any atom is -0.508 e. The second kappa shape index (κ2) is 7.80. The number of rotatable bonds is 5. The summed E-state index contributed by atoms with van der Waals surface area (Å²) in [5.41, 5.74) is 4.90. The van der Waals surface area contributed by atoms with E-state index in [-0.39, 0.29) is 24.1 Å². The number of alkyl carbamates (subject to hydrolysis) is 1. The summed E-state index contributed by atoms with van der Waals surface area (Å²) in [4.78, 5) is 24.7. The van der Waals surface area contributed by atoms with Gasteiger partial charge in [-0.15, -0.1) is 0 Å². The van der Waals surface area contributed by atoms with Crippen molar-refractivity contribution in [2.45, 2.75) is 18.9 Å². The topological polar surface area (TPSA) is 75.6 Å². The van der Waals surface area contributed by atoms with Crippen molar-refractivity contribution in [3.05, 3.63) is 89.5 Å². The maximum Gasteiger partial charge on any atom is 0.407 e. The molecule has 3 aromatic carbocycles. The van der Waals surface area contributed by atoms with Crippen molar-refractivity contribution >= 4 is 11.9 Å². The number of hydrogen-bond donors (Lipinski definition) is 2. The van der Waals surface area contributed by atoms with E-state index >= 15 is 0 Å². The van der Waals surface area contributed by atoms with E-state index in [2.05, 4.69) is 29.6 Å². The highest BCUT2D eigenvalue weighted by Crippen LogP contribution is 2.44. The third-order valence-corrected chi connectivity index (χ3v) is 5.20. The summed E-state index contributed by atoms with van der Waals surface area (Å²) in [5.74, 6) is -0.330. The molecule has 1 aliphatic rings. The predicted octanol–water partition coefficient (Wildman–Crippen LogP) is 4.50. The molecule has 0 bridgehead atoms. The number of ether oxygens (including phenoxy) is 1. The van der Waals surface area contributed by atoms with Crippen LogP contribution in [0, 0.1) is 0 Å². The van der Waals surface area contributed by atoms with E-state index in [4.69, 9.17) is 4.74 Å². The average molecular weight is 387 g/mol. The van der Waals surface area contributed by atoms with Crippen LogP contribution in [0.2, 0.25) is 0 Å². The Labute approximate surface area is 169 Å². The van der Waals surface area contributed by atoms with Crippen molar-refractivity contribution in [1.29, 1.82) is 0 Å². The van der Waals surface area contributed by atoms with Crippen LogP contribution in [-0.2, 0) is 4.74 Å². The zero-order valence-electron chi connectivity index (χ0n) is 16.0. The van der Waals surface area contributed by atoms with Crippen molar-refractivity contribution in [3.63, 3.8) is 0 Å². The molecule has 0 radical (unpaired) electrons. The molecule has 4 rings (SSSR count). The predicted molar refractivity (Wildman–Crippen MR) is 110 cm³/mol. The van der Waals surface area contributed by atoms with Gasteiger partial charge in [0.05, 0.1) is 6.04 Å². The van der Waals surface area contributed by atoms with Gasteiger partial charge in [-0.05, 0) is 41.3 Å². The number of hydrogen-bond acceptors (Lipinski definition) is 4. The van der Waals surface area contributed by atoms with Crippen molar-refractivity contribution in [2.24, 2.45) is 0 Å². The first-order valence-corrected chi connectivity index (χ1v) is 9.49. The summed E-state index contributed by atoms with van der Waals surface area (Å²) < 4.78 is 5.47. The number of ketones is 1.